The molecule has 4 rings (SSSR count). The van der Waals surface area contributed by atoms with Crippen molar-refractivity contribution < 1.29 is 9.53 Å². The van der Waals surface area contributed by atoms with Crippen molar-refractivity contribution in [3.05, 3.63) is 24.3 Å². The summed E-state index contributed by atoms with van der Waals surface area (Å²) in [4.78, 5) is 17.2. The molecule has 1 aromatic carbocycles. The third-order valence-electron chi connectivity index (χ3n) is 5.77. The summed E-state index contributed by atoms with van der Waals surface area (Å²) in [6.45, 7) is 10.8. The van der Waals surface area contributed by atoms with E-state index in [-0.39, 0.29) is 11.4 Å². The van der Waals surface area contributed by atoms with Gasteiger partial charge in [0.05, 0.1) is 12.6 Å². The average molecular weight is 392 g/mol. The van der Waals surface area contributed by atoms with Gasteiger partial charge in [-0.15, -0.1) is 0 Å². The van der Waals surface area contributed by atoms with Gasteiger partial charge >= 0.3 is 6.03 Å². The first-order valence-electron chi connectivity index (χ1n) is 9.96. The molecule has 3 fully saturated rings. The Morgan fingerprint density at radius 3 is 2.67 bits per heavy atom. The van der Waals surface area contributed by atoms with Gasteiger partial charge in [0, 0.05) is 37.6 Å². The van der Waals surface area contributed by atoms with Crippen LogP contribution in [0.2, 0.25) is 0 Å². The second-order valence-electron chi connectivity index (χ2n) is 8.28. The maximum absolute atomic E-state index is 12.7. The van der Waals surface area contributed by atoms with Gasteiger partial charge in [-0.2, -0.15) is 11.8 Å². The largest absolute Gasteiger partial charge is 0.494 e. The second kappa shape index (κ2) is 8.63. The van der Waals surface area contributed by atoms with E-state index in [0.29, 0.717) is 18.6 Å². The maximum Gasteiger partial charge on any atom is 0.317 e. The van der Waals surface area contributed by atoms with Crippen LogP contribution in [0.4, 0.5) is 10.5 Å². The number of nitrogens with one attached hydrogen (secondary N) is 1. The Labute approximate surface area is 167 Å². The SMILES string of the molecule is CCOc1ccc(N2CC3CN(C(=O)NCCSC)CC2C(C)(C)C3)cc1. The number of hydrogen-bond donors (Lipinski definition) is 1. The zero-order chi connectivity index (χ0) is 19.4. The first kappa shape index (κ1) is 20.2. The topological polar surface area (TPSA) is 44.8 Å². The van der Waals surface area contributed by atoms with Crippen molar-refractivity contribution in [3.8, 4) is 5.75 Å². The fourth-order valence-electron chi connectivity index (χ4n) is 4.56. The Hall–Kier alpha value is -1.56. The van der Waals surface area contributed by atoms with Crippen LogP contribution in [-0.2, 0) is 0 Å². The lowest BCUT2D eigenvalue weighted by Gasteiger charge is -2.48. The number of fused-ring (bicyclic) bond motifs is 4. The van der Waals surface area contributed by atoms with Gasteiger partial charge in [0.15, 0.2) is 0 Å². The van der Waals surface area contributed by atoms with Gasteiger partial charge in [0.25, 0.3) is 0 Å². The second-order valence-corrected chi connectivity index (χ2v) is 9.27. The van der Waals surface area contributed by atoms with Gasteiger partial charge in [-0.05, 0) is 55.2 Å². The normalized spacial score (nSPS) is 23.9. The van der Waals surface area contributed by atoms with Gasteiger partial charge in [0.1, 0.15) is 5.75 Å². The molecule has 3 aliphatic heterocycles. The fourth-order valence-corrected chi connectivity index (χ4v) is 4.86. The van der Waals surface area contributed by atoms with Gasteiger partial charge in [-0.3, -0.25) is 0 Å². The lowest BCUT2D eigenvalue weighted by atomic mass is 9.73. The molecular formula is C21H33N3O2S. The molecule has 2 amide bonds. The number of rotatable bonds is 6. The number of amides is 2. The van der Waals surface area contributed by atoms with E-state index in [9.17, 15) is 4.79 Å². The highest BCUT2D eigenvalue weighted by atomic mass is 32.2. The summed E-state index contributed by atoms with van der Waals surface area (Å²) in [6.07, 6.45) is 3.23. The first-order chi connectivity index (χ1) is 12.9. The third-order valence-corrected chi connectivity index (χ3v) is 6.38. The van der Waals surface area contributed by atoms with Crippen molar-refractivity contribution in [2.45, 2.75) is 33.2 Å². The predicted molar refractivity (Wildman–Crippen MR) is 114 cm³/mol. The van der Waals surface area contributed by atoms with Crippen molar-refractivity contribution in [3.63, 3.8) is 0 Å². The van der Waals surface area contributed by atoms with Crippen LogP contribution in [0, 0.1) is 11.3 Å². The molecule has 2 unspecified atom stereocenters. The monoisotopic (exact) mass is 391 g/mol. The quantitative estimate of drug-likeness (QED) is 0.751. The highest BCUT2D eigenvalue weighted by Crippen LogP contribution is 2.43. The lowest BCUT2D eigenvalue weighted by Crippen LogP contribution is -2.54. The van der Waals surface area contributed by atoms with E-state index in [1.54, 1.807) is 11.8 Å². The van der Waals surface area contributed by atoms with E-state index in [4.69, 9.17) is 4.74 Å². The van der Waals surface area contributed by atoms with Crippen LogP contribution in [0.1, 0.15) is 27.2 Å². The van der Waals surface area contributed by atoms with Crippen LogP contribution in [0.5, 0.6) is 5.75 Å². The number of ether oxygens (including phenoxy) is 1. The van der Waals surface area contributed by atoms with E-state index >= 15 is 0 Å². The Balaban J connectivity index is 1.77. The summed E-state index contributed by atoms with van der Waals surface area (Å²) >= 11 is 1.76. The summed E-state index contributed by atoms with van der Waals surface area (Å²) in [5.41, 5.74) is 1.40. The van der Waals surface area contributed by atoms with E-state index in [0.717, 1.165) is 37.7 Å². The Morgan fingerprint density at radius 2 is 2.00 bits per heavy atom. The smallest absolute Gasteiger partial charge is 0.317 e. The minimum atomic E-state index is 0.0882. The molecule has 0 aromatic heterocycles. The molecule has 3 aliphatic rings. The zero-order valence-electron chi connectivity index (χ0n) is 17.0. The Morgan fingerprint density at radius 1 is 1.26 bits per heavy atom. The standard InChI is InChI=1S/C21H33N3O2S/c1-5-26-18-8-6-17(7-9-18)24-14-16-12-21(2,3)19(24)15-23(13-16)20(25)22-10-11-27-4/h6-9,16,19H,5,10-15H2,1-4H3,(H,22,25). The van der Waals surface area contributed by atoms with Crippen LogP contribution in [-0.4, -0.2) is 61.8 Å². The molecule has 1 N–H and O–H groups in total. The molecule has 3 saturated heterocycles. The van der Waals surface area contributed by atoms with E-state index in [2.05, 4.69) is 54.6 Å². The number of benzene rings is 1. The van der Waals surface area contributed by atoms with Crippen LogP contribution < -0.4 is 15.0 Å². The minimum absolute atomic E-state index is 0.0882. The minimum Gasteiger partial charge on any atom is -0.494 e. The molecule has 27 heavy (non-hydrogen) atoms. The molecule has 3 heterocycles. The third kappa shape index (κ3) is 4.65. The van der Waals surface area contributed by atoms with Gasteiger partial charge in [0.2, 0.25) is 0 Å². The molecule has 1 aromatic rings. The first-order valence-corrected chi connectivity index (χ1v) is 11.3. The lowest BCUT2D eigenvalue weighted by molar-refractivity contribution is 0.187. The molecule has 6 heteroatoms. The van der Waals surface area contributed by atoms with Crippen molar-refractivity contribution >= 4 is 23.5 Å². The molecule has 0 spiro atoms. The number of carbonyl (C=O) groups is 1. The summed E-state index contributed by atoms with van der Waals surface area (Å²) in [7, 11) is 0. The fraction of sp³-hybridized carbons (Fsp3) is 0.667. The summed E-state index contributed by atoms with van der Waals surface area (Å²) in [6, 6.07) is 8.83. The number of anilines is 1. The molecule has 150 valence electrons. The summed E-state index contributed by atoms with van der Waals surface area (Å²) in [5.74, 6) is 2.36. The highest BCUT2D eigenvalue weighted by Gasteiger charge is 2.46. The van der Waals surface area contributed by atoms with Crippen molar-refractivity contribution in [1.82, 2.24) is 10.2 Å². The van der Waals surface area contributed by atoms with Gasteiger partial charge in [-0.25, -0.2) is 4.79 Å². The number of hydrogen-bond acceptors (Lipinski definition) is 4. The number of urea groups is 1. The van der Waals surface area contributed by atoms with E-state index < -0.39 is 0 Å². The molecule has 2 atom stereocenters. The van der Waals surface area contributed by atoms with Crippen LogP contribution in [0.15, 0.2) is 24.3 Å². The van der Waals surface area contributed by atoms with Crippen LogP contribution in [0.25, 0.3) is 0 Å². The van der Waals surface area contributed by atoms with E-state index in [1.165, 1.54) is 12.1 Å². The van der Waals surface area contributed by atoms with Gasteiger partial charge in [-0.1, -0.05) is 13.8 Å². The molecule has 0 saturated carbocycles. The molecule has 5 nitrogen and oxygen atoms in total. The number of nitrogens with zero attached hydrogens (tertiary/aromatic N) is 2. The molecular weight excluding hydrogens is 358 g/mol. The average Bonchev–Trinajstić information content (AvgIpc) is 2.90. The molecule has 0 radical (unpaired) electrons. The van der Waals surface area contributed by atoms with Crippen molar-refractivity contribution in [2.24, 2.45) is 11.3 Å². The highest BCUT2D eigenvalue weighted by molar-refractivity contribution is 7.98. The predicted octanol–water partition coefficient (Wildman–Crippen LogP) is 3.69. The summed E-state index contributed by atoms with van der Waals surface area (Å²) in [5, 5.41) is 3.08. The molecule has 2 bridgehead atoms. The van der Waals surface area contributed by atoms with Crippen LogP contribution in [0.3, 0.4) is 0 Å². The number of carbonyl (C=O) groups excluding carboxylic acids is 1. The zero-order valence-corrected chi connectivity index (χ0v) is 17.8. The summed E-state index contributed by atoms with van der Waals surface area (Å²) < 4.78 is 5.59. The molecule has 0 aliphatic carbocycles. The number of thioether (sulfide) groups is 1. The van der Waals surface area contributed by atoms with E-state index in [1.807, 2.05) is 11.8 Å². The maximum atomic E-state index is 12.7. The van der Waals surface area contributed by atoms with Crippen molar-refractivity contribution in [1.29, 1.82) is 0 Å². The Kier molecular flexibility index (Phi) is 6.45. The number of piperidine rings is 1. The van der Waals surface area contributed by atoms with Crippen molar-refractivity contribution in [2.75, 3.05) is 49.7 Å². The van der Waals surface area contributed by atoms with Gasteiger partial charge < -0.3 is 19.9 Å². The Bertz CT molecular complexity index is 635. The van der Waals surface area contributed by atoms with Crippen LogP contribution >= 0.6 is 11.8 Å².